The minimum absolute atomic E-state index is 0.110. The average Bonchev–Trinajstić information content (AvgIpc) is 3.28. The lowest BCUT2D eigenvalue weighted by Gasteiger charge is -2.24. The van der Waals surface area contributed by atoms with E-state index in [0.29, 0.717) is 28.2 Å². The SMILES string of the molecule is Cc1nn(-c2nc3ccccc3o2)c2c1C(c1ccc(C(F)(F)F)cc1)CC(=O)N2. The summed E-state index contributed by atoms with van der Waals surface area (Å²) in [4.78, 5) is 16.8. The first-order chi connectivity index (χ1) is 14.3. The van der Waals surface area contributed by atoms with Crippen molar-refractivity contribution in [3.05, 3.63) is 70.9 Å². The molecule has 1 atom stereocenters. The zero-order valence-electron chi connectivity index (χ0n) is 15.7. The summed E-state index contributed by atoms with van der Waals surface area (Å²) in [7, 11) is 0. The molecular formula is C21H15F3N4O2. The molecule has 6 nitrogen and oxygen atoms in total. The number of amides is 1. The minimum atomic E-state index is -4.42. The van der Waals surface area contributed by atoms with Crippen molar-refractivity contribution >= 4 is 22.8 Å². The second kappa shape index (κ2) is 6.45. The van der Waals surface area contributed by atoms with Gasteiger partial charge < -0.3 is 9.73 Å². The van der Waals surface area contributed by atoms with Gasteiger partial charge in [-0.1, -0.05) is 24.3 Å². The second-order valence-electron chi connectivity index (χ2n) is 7.15. The van der Waals surface area contributed by atoms with Gasteiger partial charge in [0.05, 0.1) is 11.3 Å². The van der Waals surface area contributed by atoms with Crippen LogP contribution in [0.4, 0.5) is 19.0 Å². The Labute approximate surface area is 168 Å². The fraction of sp³-hybridized carbons (Fsp3) is 0.190. The number of rotatable bonds is 2. The van der Waals surface area contributed by atoms with Crippen molar-refractivity contribution in [2.45, 2.75) is 25.4 Å². The summed E-state index contributed by atoms with van der Waals surface area (Å²) in [6.45, 7) is 1.78. The van der Waals surface area contributed by atoms with Crippen LogP contribution in [-0.4, -0.2) is 20.7 Å². The number of nitrogens with zero attached hydrogens (tertiary/aromatic N) is 3. The van der Waals surface area contributed by atoms with Crippen LogP contribution in [0.25, 0.3) is 17.1 Å². The van der Waals surface area contributed by atoms with Gasteiger partial charge in [-0.15, -0.1) is 0 Å². The van der Waals surface area contributed by atoms with Crippen LogP contribution in [0.3, 0.4) is 0 Å². The Hall–Kier alpha value is -3.62. The van der Waals surface area contributed by atoms with E-state index in [-0.39, 0.29) is 18.3 Å². The summed E-state index contributed by atoms with van der Waals surface area (Å²) < 4.78 is 45.9. The Morgan fingerprint density at radius 1 is 1.13 bits per heavy atom. The molecule has 1 aliphatic rings. The van der Waals surface area contributed by atoms with Crippen LogP contribution in [0, 0.1) is 6.92 Å². The summed E-state index contributed by atoms with van der Waals surface area (Å²) in [5.41, 5.74) is 2.48. The first-order valence-corrected chi connectivity index (χ1v) is 9.24. The standard InChI is InChI=1S/C21H15F3N4O2/c1-11-18-14(12-6-8-13(9-7-12)21(22,23)24)10-17(29)26-19(18)28(27-11)20-25-15-4-2-3-5-16(15)30-20/h2-9,14H,10H2,1H3,(H,26,29). The average molecular weight is 412 g/mol. The molecule has 0 fully saturated rings. The van der Waals surface area contributed by atoms with E-state index in [2.05, 4.69) is 15.4 Å². The number of anilines is 1. The van der Waals surface area contributed by atoms with E-state index in [1.54, 1.807) is 19.1 Å². The van der Waals surface area contributed by atoms with Crippen LogP contribution in [0.2, 0.25) is 0 Å². The molecule has 2 aromatic heterocycles. The number of fused-ring (bicyclic) bond motifs is 2. The molecule has 3 heterocycles. The van der Waals surface area contributed by atoms with E-state index >= 15 is 0 Å². The number of hydrogen-bond donors (Lipinski definition) is 1. The Balaban J connectivity index is 1.61. The van der Waals surface area contributed by atoms with Gasteiger partial charge in [0.25, 0.3) is 0 Å². The van der Waals surface area contributed by atoms with Crippen molar-refractivity contribution in [1.29, 1.82) is 0 Å². The third kappa shape index (κ3) is 2.94. The summed E-state index contributed by atoms with van der Waals surface area (Å²) in [6.07, 6.45) is -4.31. The molecule has 30 heavy (non-hydrogen) atoms. The second-order valence-corrected chi connectivity index (χ2v) is 7.15. The van der Waals surface area contributed by atoms with Gasteiger partial charge in [0.2, 0.25) is 5.91 Å². The van der Waals surface area contributed by atoms with Crippen LogP contribution < -0.4 is 5.32 Å². The smallest absolute Gasteiger partial charge is 0.416 e. The zero-order valence-corrected chi connectivity index (χ0v) is 15.7. The van der Waals surface area contributed by atoms with Crippen LogP contribution in [0.15, 0.2) is 52.9 Å². The highest BCUT2D eigenvalue weighted by atomic mass is 19.4. The van der Waals surface area contributed by atoms with Crippen LogP contribution in [0.1, 0.15) is 34.7 Å². The Morgan fingerprint density at radius 3 is 2.57 bits per heavy atom. The number of aromatic nitrogens is 3. The fourth-order valence-corrected chi connectivity index (χ4v) is 3.83. The molecule has 1 aliphatic heterocycles. The fourth-order valence-electron chi connectivity index (χ4n) is 3.83. The lowest BCUT2D eigenvalue weighted by atomic mass is 9.85. The molecule has 0 spiro atoms. The number of carbonyl (C=O) groups excluding carboxylic acids is 1. The molecule has 1 unspecified atom stereocenters. The Morgan fingerprint density at radius 2 is 1.87 bits per heavy atom. The third-order valence-corrected chi connectivity index (χ3v) is 5.21. The largest absolute Gasteiger partial charge is 0.422 e. The molecule has 0 radical (unpaired) electrons. The van der Waals surface area contributed by atoms with E-state index in [4.69, 9.17) is 4.42 Å². The van der Waals surface area contributed by atoms with Gasteiger partial charge >= 0.3 is 12.2 Å². The monoisotopic (exact) mass is 412 g/mol. The summed E-state index contributed by atoms with van der Waals surface area (Å²) >= 11 is 0. The number of benzene rings is 2. The van der Waals surface area contributed by atoms with Gasteiger partial charge in [-0.3, -0.25) is 4.79 Å². The number of halogens is 3. The molecule has 1 N–H and O–H groups in total. The number of para-hydroxylation sites is 2. The van der Waals surface area contributed by atoms with Crippen molar-refractivity contribution < 1.29 is 22.4 Å². The molecule has 0 aliphatic carbocycles. The zero-order chi connectivity index (χ0) is 21.0. The number of oxazole rings is 1. The van der Waals surface area contributed by atoms with Gasteiger partial charge in [0.1, 0.15) is 11.3 Å². The van der Waals surface area contributed by atoms with Crippen molar-refractivity contribution in [1.82, 2.24) is 14.8 Å². The Kier molecular flexibility index (Phi) is 3.96. The maximum atomic E-state index is 12.9. The molecule has 0 saturated carbocycles. The quantitative estimate of drug-likeness (QED) is 0.513. The highest BCUT2D eigenvalue weighted by molar-refractivity contribution is 5.95. The van der Waals surface area contributed by atoms with Crippen molar-refractivity contribution in [2.24, 2.45) is 0 Å². The molecule has 9 heteroatoms. The minimum Gasteiger partial charge on any atom is -0.422 e. The van der Waals surface area contributed by atoms with Gasteiger partial charge in [0, 0.05) is 17.9 Å². The van der Waals surface area contributed by atoms with Crippen LogP contribution in [-0.2, 0) is 11.0 Å². The first kappa shape index (κ1) is 18.4. The van der Waals surface area contributed by atoms with Crippen LogP contribution in [0.5, 0.6) is 0 Å². The van der Waals surface area contributed by atoms with E-state index in [0.717, 1.165) is 17.7 Å². The molecule has 152 valence electrons. The number of nitrogens with one attached hydrogen (secondary N) is 1. The lowest BCUT2D eigenvalue weighted by molar-refractivity contribution is -0.137. The van der Waals surface area contributed by atoms with Gasteiger partial charge in [-0.25, -0.2) is 0 Å². The van der Waals surface area contributed by atoms with E-state index < -0.39 is 17.7 Å². The highest BCUT2D eigenvalue weighted by Crippen LogP contribution is 2.41. The van der Waals surface area contributed by atoms with Crippen molar-refractivity contribution in [3.8, 4) is 6.01 Å². The summed E-state index contributed by atoms with van der Waals surface area (Å²) in [6, 6.07) is 12.3. The lowest BCUT2D eigenvalue weighted by Crippen LogP contribution is -2.25. The molecule has 0 saturated heterocycles. The van der Waals surface area contributed by atoms with Gasteiger partial charge in [0.15, 0.2) is 5.58 Å². The number of carbonyl (C=O) groups is 1. The third-order valence-electron chi connectivity index (χ3n) is 5.21. The van der Waals surface area contributed by atoms with Crippen LogP contribution >= 0.6 is 0 Å². The highest BCUT2D eigenvalue weighted by Gasteiger charge is 2.35. The molecule has 4 aromatic rings. The molecule has 2 aromatic carbocycles. The predicted octanol–water partition coefficient (Wildman–Crippen LogP) is 4.81. The van der Waals surface area contributed by atoms with Crippen molar-refractivity contribution in [3.63, 3.8) is 0 Å². The van der Waals surface area contributed by atoms with Gasteiger partial charge in [-0.05, 0) is 36.8 Å². The first-order valence-electron chi connectivity index (χ1n) is 9.24. The maximum Gasteiger partial charge on any atom is 0.416 e. The van der Waals surface area contributed by atoms with Gasteiger partial charge in [-0.2, -0.15) is 27.9 Å². The number of aryl methyl sites for hydroxylation is 1. The molecule has 0 bridgehead atoms. The maximum absolute atomic E-state index is 12.9. The van der Waals surface area contributed by atoms with Crippen molar-refractivity contribution in [2.75, 3.05) is 5.32 Å². The topological polar surface area (TPSA) is 73.0 Å². The summed E-state index contributed by atoms with van der Waals surface area (Å²) in [5, 5.41) is 7.30. The predicted molar refractivity (Wildman–Crippen MR) is 102 cm³/mol. The number of hydrogen-bond acceptors (Lipinski definition) is 4. The van der Waals surface area contributed by atoms with E-state index in [9.17, 15) is 18.0 Å². The Bertz CT molecular complexity index is 1240. The summed E-state index contributed by atoms with van der Waals surface area (Å²) in [5.74, 6) is -0.265. The molecular weight excluding hydrogens is 397 g/mol. The molecule has 1 amide bonds. The normalized spacial score (nSPS) is 16.5. The number of alkyl halides is 3. The van der Waals surface area contributed by atoms with E-state index in [1.165, 1.54) is 16.8 Å². The molecule has 5 rings (SSSR count). The van der Waals surface area contributed by atoms with E-state index in [1.807, 2.05) is 12.1 Å².